The number of rotatable bonds is 6. The summed E-state index contributed by atoms with van der Waals surface area (Å²) in [4.78, 5) is 2.47. The normalized spacial score (nSPS) is 18.9. The maximum Gasteiger partial charge on any atom is 0.245 e. The molecule has 0 saturated carbocycles. The largest absolute Gasteiger partial charge is 0.385 e. The summed E-state index contributed by atoms with van der Waals surface area (Å²) in [5.74, 6) is 0. The van der Waals surface area contributed by atoms with Crippen molar-refractivity contribution in [2.24, 2.45) is 0 Å². The SMILES string of the molecule is COCCC1(N(C)C)CCN(S(=O)(=O)c2cccc3nsnc23)CC1. The third-order valence-corrected chi connectivity index (χ3v) is 7.71. The predicted octanol–water partition coefficient (Wildman–Crippen LogP) is 1.81. The summed E-state index contributed by atoms with van der Waals surface area (Å²) in [5.41, 5.74) is 1.08. The first-order chi connectivity index (χ1) is 11.9. The molecule has 9 heteroatoms. The molecule has 2 aromatic rings. The van der Waals surface area contributed by atoms with Crippen LogP contribution < -0.4 is 0 Å². The van der Waals surface area contributed by atoms with Crippen molar-refractivity contribution < 1.29 is 13.2 Å². The zero-order valence-electron chi connectivity index (χ0n) is 14.8. The number of aromatic nitrogens is 2. The Kier molecular flexibility index (Phi) is 5.40. The van der Waals surface area contributed by atoms with Crippen LogP contribution >= 0.6 is 11.7 Å². The number of sulfonamides is 1. The minimum absolute atomic E-state index is 0.0176. The number of fused-ring (bicyclic) bond motifs is 1. The van der Waals surface area contributed by atoms with Gasteiger partial charge in [-0.3, -0.25) is 0 Å². The van der Waals surface area contributed by atoms with Crippen molar-refractivity contribution in [1.82, 2.24) is 18.0 Å². The molecular formula is C16H24N4O3S2. The van der Waals surface area contributed by atoms with Crippen LogP contribution in [0.4, 0.5) is 0 Å². The van der Waals surface area contributed by atoms with E-state index in [2.05, 4.69) is 27.7 Å². The van der Waals surface area contributed by atoms with Crippen molar-refractivity contribution in [3.63, 3.8) is 0 Å². The van der Waals surface area contributed by atoms with E-state index in [9.17, 15) is 8.42 Å². The van der Waals surface area contributed by atoms with E-state index in [1.165, 1.54) is 0 Å². The Hall–Kier alpha value is -1.13. The van der Waals surface area contributed by atoms with E-state index in [1.54, 1.807) is 29.6 Å². The molecular weight excluding hydrogens is 360 g/mol. The molecule has 1 fully saturated rings. The first kappa shape index (κ1) is 18.7. The fourth-order valence-corrected chi connectivity index (χ4v) is 5.68. The minimum atomic E-state index is -3.57. The Morgan fingerprint density at radius 1 is 1.28 bits per heavy atom. The third-order valence-electron chi connectivity index (χ3n) is 5.24. The Labute approximate surface area is 153 Å². The molecule has 0 radical (unpaired) electrons. The lowest BCUT2D eigenvalue weighted by molar-refractivity contribution is 0.0467. The molecule has 3 rings (SSSR count). The van der Waals surface area contributed by atoms with Crippen LogP contribution in [0.15, 0.2) is 23.1 Å². The second kappa shape index (κ2) is 7.24. The van der Waals surface area contributed by atoms with Crippen molar-refractivity contribution >= 4 is 32.8 Å². The van der Waals surface area contributed by atoms with E-state index in [0.29, 0.717) is 30.7 Å². The molecule has 138 valence electrons. The summed E-state index contributed by atoms with van der Waals surface area (Å²) < 4.78 is 41.4. The van der Waals surface area contributed by atoms with Crippen LogP contribution in [0.1, 0.15) is 19.3 Å². The highest BCUT2D eigenvalue weighted by Crippen LogP contribution is 2.34. The molecule has 25 heavy (non-hydrogen) atoms. The van der Waals surface area contributed by atoms with Gasteiger partial charge in [0.15, 0.2) is 0 Å². The van der Waals surface area contributed by atoms with Gasteiger partial charge in [-0.05, 0) is 45.5 Å². The zero-order chi connectivity index (χ0) is 18.1. The standard InChI is InChI=1S/C16H24N4O3S2/c1-19(2)16(9-12-23-3)7-10-20(11-8-16)25(21,22)14-6-4-5-13-15(14)18-24-17-13/h4-6H,7-12H2,1-3H3. The lowest BCUT2D eigenvalue weighted by Crippen LogP contribution is -2.54. The van der Waals surface area contributed by atoms with Crippen LogP contribution in [0.2, 0.25) is 0 Å². The van der Waals surface area contributed by atoms with Gasteiger partial charge in [0.1, 0.15) is 15.9 Å². The van der Waals surface area contributed by atoms with E-state index >= 15 is 0 Å². The summed E-state index contributed by atoms with van der Waals surface area (Å²) in [6.07, 6.45) is 2.47. The van der Waals surface area contributed by atoms with Gasteiger partial charge in [0.05, 0.1) is 11.7 Å². The minimum Gasteiger partial charge on any atom is -0.385 e. The second-order valence-electron chi connectivity index (χ2n) is 6.65. The maximum absolute atomic E-state index is 13.1. The summed E-state index contributed by atoms with van der Waals surface area (Å²) in [6, 6.07) is 5.14. The monoisotopic (exact) mass is 384 g/mol. The van der Waals surface area contributed by atoms with E-state index in [-0.39, 0.29) is 10.4 Å². The van der Waals surface area contributed by atoms with E-state index < -0.39 is 10.0 Å². The highest BCUT2D eigenvalue weighted by atomic mass is 32.2. The van der Waals surface area contributed by atoms with Crippen LogP contribution in [0.5, 0.6) is 0 Å². The highest BCUT2D eigenvalue weighted by Gasteiger charge is 2.40. The number of nitrogens with zero attached hydrogens (tertiary/aromatic N) is 4. The lowest BCUT2D eigenvalue weighted by atomic mass is 9.84. The molecule has 1 saturated heterocycles. The van der Waals surface area contributed by atoms with Gasteiger partial charge < -0.3 is 9.64 Å². The fourth-order valence-electron chi connectivity index (χ4n) is 3.48. The molecule has 1 aromatic heterocycles. The van der Waals surface area contributed by atoms with Gasteiger partial charge in [0, 0.05) is 32.3 Å². The Balaban J connectivity index is 1.83. The van der Waals surface area contributed by atoms with Gasteiger partial charge in [-0.2, -0.15) is 13.1 Å². The van der Waals surface area contributed by atoms with Crippen LogP contribution in [-0.2, 0) is 14.8 Å². The molecule has 0 aliphatic carbocycles. The van der Waals surface area contributed by atoms with Crippen LogP contribution in [-0.4, -0.2) is 72.8 Å². The van der Waals surface area contributed by atoms with Crippen molar-refractivity contribution in [3.05, 3.63) is 18.2 Å². The summed E-state index contributed by atoms with van der Waals surface area (Å²) in [5, 5.41) is 0. The Bertz CT molecular complexity index is 827. The van der Waals surface area contributed by atoms with Crippen molar-refractivity contribution in [2.75, 3.05) is 40.9 Å². The quantitative estimate of drug-likeness (QED) is 0.756. The number of methoxy groups -OCH3 is 1. The first-order valence-electron chi connectivity index (χ1n) is 8.28. The van der Waals surface area contributed by atoms with Gasteiger partial charge in [0.25, 0.3) is 0 Å². The van der Waals surface area contributed by atoms with Gasteiger partial charge in [-0.1, -0.05) is 6.07 Å². The molecule has 1 aliphatic heterocycles. The maximum atomic E-state index is 13.1. The molecule has 0 spiro atoms. The van der Waals surface area contributed by atoms with Gasteiger partial charge in [-0.15, -0.1) is 0 Å². The summed E-state index contributed by atoms with van der Waals surface area (Å²) in [6.45, 7) is 1.67. The number of piperidine rings is 1. The highest BCUT2D eigenvalue weighted by molar-refractivity contribution is 7.89. The second-order valence-corrected chi connectivity index (χ2v) is 9.09. The average Bonchev–Trinajstić information content (AvgIpc) is 3.08. The number of hydrogen-bond acceptors (Lipinski definition) is 7. The predicted molar refractivity (Wildman–Crippen MR) is 98.3 cm³/mol. The molecule has 7 nitrogen and oxygen atoms in total. The number of benzene rings is 1. The topological polar surface area (TPSA) is 75.6 Å². The number of hydrogen-bond donors (Lipinski definition) is 0. The Morgan fingerprint density at radius 3 is 2.64 bits per heavy atom. The third kappa shape index (κ3) is 3.43. The van der Waals surface area contributed by atoms with Gasteiger partial charge >= 0.3 is 0 Å². The van der Waals surface area contributed by atoms with Gasteiger partial charge in [-0.25, -0.2) is 8.42 Å². The molecule has 0 bridgehead atoms. The molecule has 0 amide bonds. The van der Waals surface area contributed by atoms with Crippen LogP contribution in [0.25, 0.3) is 11.0 Å². The van der Waals surface area contributed by atoms with E-state index in [4.69, 9.17) is 4.74 Å². The van der Waals surface area contributed by atoms with Crippen molar-refractivity contribution in [2.45, 2.75) is 29.7 Å². The van der Waals surface area contributed by atoms with Crippen LogP contribution in [0.3, 0.4) is 0 Å². The van der Waals surface area contributed by atoms with Crippen molar-refractivity contribution in [1.29, 1.82) is 0 Å². The fraction of sp³-hybridized carbons (Fsp3) is 0.625. The number of ether oxygens (including phenoxy) is 1. The van der Waals surface area contributed by atoms with E-state index in [0.717, 1.165) is 31.0 Å². The Morgan fingerprint density at radius 2 is 2.00 bits per heavy atom. The smallest absolute Gasteiger partial charge is 0.245 e. The van der Waals surface area contributed by atoms with E-state index in [1.807, 2.05) is 0 Å². The zero-order valence-corrected chi connectivity index (χ0v) is 16.4. The van der Waals surface area contributed by atoms with Crippen molar-refractivity contribution in [3.8, 4) is 0 Å². The summed E-state index contributed by atoms with van der Waals surface area (Å²) >= 11 is 1.04. The molecule has 0 unspecified atom stereocenters. The molecule has 2 heterocycles. The molecule has 0 N–H and O–H groups in total. The van der Waals surface area contributed by atoms with Gasteiger partial charge in [0.2, 0.25) is 10.0 Å². The lowest BCUT2D eigenvalue weighted by Gasteiger charge is -2.45. The molecule has 1 aromatic carbocycles. The molecule has 1 aliphatic rings. The summed E-state index contributed by atoms with van der Waals surface area (Å²) in [7, 11) is 2.25. The van der Waals surface area contributed by atoms with Crippen LogP contribution in [0, 0.1) is 0 Å². The molecule has 0 atom stereocenters. The average molecular weight is 385 g/mol. The first-order valence-corrected chi connectivity index (χ1v) is 10.5.